The summed E-state index contributed by atoms with van der Waals surface area (Å²) in [5, 5.41) is 39.7. The molecule has 0 saturated heterocycles. The Bertz CT molecular complexity index is 1380. The molecule has 41 heavy (non-hydrogen) atoms. The summed E-state index contributed by atoms with van der Waals surface area (Å²) in [6, 6.07) is 13.1. The van der Waals surface area contributed by atoms with Crippen molar-refractivity contribution in [3.8, 4) is 5.75 Å². The quantitative estimate of drug-likeness (QED) is 0.0618. The Morgan fingerprint density at radius 3 is 2.29 bits per heavy atom. The maximum Gasteiger partial charge on any atom is 0.199 e. The first-order valence-corrected chi connectivity index (χ1v) is 14.9. The lowest BCUT2D eigenvalue weighted by atomic mass is 9.98. The lowest BCUT2D eigenvalue weighted by Crippen LogP contribution is -2.47. The van der Waals surface area contributed by atoms with E-state index in [2.05, 4.69) is 35.1 Å². The van der Waals surface area contributed by atoms with E-state index >= 15 is 0 Å². The second-order valence-corrected chi connectivity index (χ2v) is 12.8. The molecule has 1 heterocycles. The largest absolute Gasteiger partial charge is 0.490 e. The van der Waals surface area contributed by atoms with Gasteiger partial charge in [0.05, 0.1) is 5.39 Å². The highest BCUT2D eigenvalue weighted by Gasteiger charge is 2.19. The zero-order valence-corrected chi connectivity index (χ0v) is 25.3. The normalized spacial score (nSPS) is 12.7. The topological polar surface area (TPSA) is 168 Å². The van der Waals surface area contributed by atoms with Crippen LogP contribution >= 0.6 is 11.3 Å². The van der Waals surface area contributed by atoms with Gasteiger partial charge in [0.1, 0.15) is 18.5 Å². The van der Waals surface area contributed by atoms with E-state index < -0.39 is 6.10 Å². The SMILES string of the molecule is CC(C)(N)CCCNC(=N)NC(=N)NCCCC(C)(C)NCC(O)COc1cccc2sc3ccccc3c(=O)c12. The number of nitrogens with two attached hydrogens (primary N) is 1. The Labute approximate surface area is 246 Å². The summed E-state index contributed by atoms with van der Waals surface area (Å²) in [6.45, 7) is 9.67. The summed E-state index contributed by atoms with van der Waals surface area (Å²) in [6.07, 6.45) is 2.54. The molecule has 0 amide bonds. The van der Waals surface area contributed by atoms with Crippen molar-refractivity contribution in [3.05, 3.63) is 52.7 Å². The van der Waals surface area contributed by atoms with Gasteiger partial charge in [-0.15, -0.1) is 11.3 Å². The molecule has 3 rings (SSSR count). The van der Waals surface area contributed by atoms with Crippen LogP contribution in [0.4, 0.5) is 0 Å². The van der Waals surface area contributed by atoms with Gasteiger partial charge in [-0.3, -0.25) is 20.9 Å². The number of β-amino-alcohol motifs (C(OH)–C–C–N with tert-alkyl or cyclic N) is 1. The van der Waals surface area contributed by atoms with Crippen LogP contribution in [0.25, 0.3) is 20.2 Å². The first-order chi connectivity index (χ1) is 19.3. The minimum atomic E-state index is -0.756. The van der Waals surface area contributed by atoms with Crippen molar-refractivity contribution in [2.24, 2.45) is 5.73 Å². The third kappa shape index (κ3) is 10.6. The molecule has 2 aromatic carbocycles. The van der Waals surface area contributed by atoms with E-state index in [1.54, 1.807) is 17.4 Å². The lowest BCUT2D eigenvalue weighted by Gasteiger charge is -2.28. The number of nitrogens with one attached hydrogen (secondary N) is 6. The van der Waals surface area contributed by atoms with Gasteiger partial charge in [0.15, 0.2) is 17.3 Å². The molecule has 0 aliphatic rings. The highest BCUT2D eigenvalue weighted by molar-refractivity contribution is 7.24. The minimum Gasteiger partial charge on any atom is -0.490 e. The van der Waals surface area contributed by atoms with Crippen LogP contribution in [0.5, 0.6) is 5.75 Å². The smallest absolute Gasteiger partial charge is 0.199 e. The molecule has 0 saturated carbocycles. The number of rotatable bonds is 14. The van der Waals surface area contributed by atoms with Gasteiger partial charge in [-0.05, 0) is 77.6 Å². The van der Waals surface area contributed by atoms with E-state index in [0.717, 1.165) is 35.1 Å². The molecule has 9 N–H and O–H groups in total. The number of aliphatic hydroxyl groups excluding tert-OH is 1. The summed E-state index contributed by atoms with van der Waals surface area (Å²) in [5.41, 5.74) is 5.43. The standard InChI is InChI=1S/C30H45N7O3S/c1-29(2,33)14-8-16-34-27(31)37-28(32)35-17-9-15-30(3,4)36-18-20(38)19-40-22-11-7-13-24-25(22)26(39)21-10-5-6-12-23(21)41-24/h5-7,10-13,20,36,38H,8-9,14-19,33H2,1-4H3,(H5,31,32,34,35,37). The lowest BCUT2D eigenvalue weighted by molar-refractivity contribution is 0.0987. The molecule has 3 aromatic rings. The van der Waals surface area contributed by atoms with Crippen LogP contribution in [-0.4, -0.2) is 60.4 Å². The molecule has 1 atom stereocenters. The zero-order chi connectivity index (χ0) is 30.0. The number of aliphatic hydroxyl groups is 1. The first kappa shape index (κ1) is 32.3. The average Bonchev–Trinajstić information content (AvgIpc) is 2.91. The van der Waals surface area contributed by atoms with Crippen molar-refractivity contribution in [2.45, 2.75) is 70.6 Å². The van der Waals surface area contributed by atoms with E-state index in [1.807, 2.05) is 50.2 Å². The fraction of sp³-hybridized carbons (Fsp3) is 0.500. The van der Waals surface area contributed by atoms with Crippen molar-refractivity contribution in [3.63, 3.8) is 0 Å². The molecule has 1 unspecified atom stereocenters. The Morgan fingerprint density at radius 1 is 0.976 bits per heavy atom. The highest BCUT2D eigenvalue weighted by atomic mass is 32.1. The van der Waals surface area contributed by atoms with Gasteiger partial charge in [-0.2, -0.15) is 0 Å². The highest BCUT2D eigenvalue weighted by Crippen LogP contribution is 2.30. The number of hydrogen-bond acceptors (Lipinski definition) is 8. The Morgan fingerprint density at radius 2 is 1.61 bits per heavy atom. The summed E-state index contributed by atoms with van der Waals surface area (Å²) in [7, 11) is 0. The van der Waals surface area contributed by atoms with Gasteiger partial charge < -0.3 is 31.5 Å². The van der Waals surface area contributed by atoms with Crippen LogP contribution in [0.1, 0.15) is 53.4 Å². The molecule has 0 aliphatic heterocycles. The minimum absolute atomic E-state index is 0.0599. The molecule has 0 radical (unpaired) electrons. The van der Waals surface area contributed by atoms with Crippen LogP contribution in [0.15, 0.2) is 47.3 Å². The number of fused-ring (bicyclic) bond motifs is 2. The third-order valence-electron chi connectivity index (χ3n) is 6.64. The number of benzene rings is 2. The second kappa shape index (κ2) is 14.6. The van der Waals surface area contributed by atoms with Gasteiger partial charge in [0, 0.05) is 45.5 Å². The second-order valence-electron chi connectivity index (χ2n) is 11.7. The molecule has 10 nitrogen and oxygen atoms in total. The van der Waals surface area contributed by atoms with E-state index in [4.69, 9.17) is 21.3 Å². The van der Waals surface area contributed by atoms with Crippen LogP contribution in [0.3, 0.4) is 0 Å². The Balaban J connectivity index is 1.36. The van der Waals surface area contributed by atoms with Gasteiger partial charge in [-0.25, -0.2) is 0 Å². The summed E-state index contributed by atoms with van der Waals surface area (Å²) < 4.78 is 7.72. The summed E-state index contributed by atoms with van der Waals surface area (Å²) in [4.78, 5) is 13.1. The van der Waals surface area contributed by atoms with Crippen LogP contribution in [0, 0.1) is 10.8 Å². The van der Waals surface area contributed by atoms with Crippen molar-refractivity contribution in [2.75, 3.05) is 26.2 Å². The van der Waals surface area contributed by atoms with Gasteiger partial charge >= 0.3 is 0 Å². The maximum atomic E-state index is 13.1. The molecular formula is C30H45N7O3S. The summed E-state index contributed by atoms with van der Waals surface area (Å²) in [5.74, 6) is 0.640. The van der Waals surface area contributed by atoms with Crippen LogP contribution in [0.2, 0.25) is 0 Å². The Kier molecular flexibility index (Phi) is 11.5. The van der Waals surface area contributed by atoms with Crippen LogP contribution in [-0.2, 0) is 0 Å². The van der Waals surface area contributed by atoms with Crippen molar-refractivity contribution < 1.29 is 9.84 Å². The summed E-state index contributed by atoms with van der Waals surface area (Å²) >= 11 is 1.55. The Hall–Kier alpha value is -3.25. The maximum absolute atomic E-state index is 13.1. The number of ether oxygens (including phenoxy) is 1. The molecular weight excluding hydrogens is 538 g/mol. The van der Waals surface area contributed by atoms with E-state index in [0.29, 0.717) is 36.2 Å². The predicted molar refractivity (Wildman–Crippen MR) is 171 cm³/mol. The molecule has 1 aromatic heterocycles. The van der Waals surface area contributed by atoms with E-state index in [9.17, 15) is 9.90 Å². The molecule has 224 valence electrons. The first-order valence-electron chi connectivity index (χ1n) is 14.1. The molecule has 0 aliphatic carbocycles. The number of hydrogen-bond donors (Lipinski definition) is 8. The van der Waals surface area contributed by atoms with Crippen molar-refractivity contribution >= 4 is 43.4 Å². The number of guanidine groups is 2. The van der Waals surface area contributed by atoms with E-state index in [-0.39, 0.29) is 35.0 Å². The molecule has 0 spiro atoms. The van der Waals surface area contributed by atoms with Gasteiger partial charge in [0.25, 0.3) is 0 Å². The van der Waals surface area contributed by atoms with Crippen molar-refractivity contribution in [1.82, 2.24) is 21.3 Å². The fourth-order valence-electron chi connectivity index (χ4n) is 4.38. The fourth-order valence-corrected chi connectivity index (χ4v) is 5.47. The zero-order valence-electron chi connectivity index (χ0n) is 24.5. The molecule has 11 heteroatoms. The van der Waals surface area contributed by atoms with E-state index in [1.165, 1.54) is 0 Å². The van der Waals surface area contributed by atoms with Gasteiger partial charge in [-0.1, -0.05) is 18.2 Å². The predicted octanol–water partition coefficient (Wildman–Crippen LogP) is 3.46. The van der Waals surface area contributed by atoms with Gasteiger partial charge in [0.2, 0.25) is 0 Å². The monoisotopic (exact) mass is 583 g/mol. The molecule has 0 fully saturated rings. The third-order valence-corrected chi connectivity index (χ3v) is 7.78. The average molecular weight is 584 g/mol. The van der Waals surface area contributed by atoms with Crippen LogP contribution < -0.4 is 37.2 Å². The van der Waals surface area contributed by atoms with Crippen molar-refractivity contribution in [1.29, 1.82) is 10.8 Å². The molecule has 0 bridgehead atoms.